The maximum absolute atomic E-state index is 11.4. The van der Waals surface area contributed by atoms with Gasteiger partial charge in [0.25, 0.3) is 5.56 Å². The number of H-pyrrole nitrogens is 2. The molecule has 0 fully saturated rings. The van der Waals surface area contributed by atoms with Gasteiger partial charge in [-0.25, -0.2) is 0 Å². The molecule has 0 radical (unpaired) electrons. The van der Waals surface area contributed by atoms with Crippen LogP contribution in [-0.2, 0) is 0 Å². The predicted molar refractivity (Wildman–Crippen MR) is 67.9 cm³/mol. The molecule has 7 heteroatoms. The Morgan fingerprint density at radius 2 is 1.88 bits per heavy atom. The highest BCUT2D eigenvalue weighted by Gasteiger charge is 1.96. The van der Waals surface area contributed by atoms with E-state index < -0.39 is 0 Å². The van der Waals surface area contributed by atoms with Crippen molar-refractivity contribution in [3.05, 3.63) is 50.6 Å². The van der Waals surface area contributed by atoms with Crippen molar-refractivity contribution < 1.29 is 0 Å². The Labute approximate surface area is 106 Å². The Balaban J connectivity index is 2.29. The third kappa shape index (κ3) is 3.08. The fourth-order valence-corrected chi connectivity index (χ4v) is 1.37. The van der Waals surface area contributed by atoms with Crippen LogP contribution in [0.4, 0.5) is 11.4 Å². The van der Waals surface area contributed by atoms with Crippen LogP contribution in [0, 0.1) is 4.77 Å². The van der Waals surface area contributed by atoms with E-state index in [1.807, 2.05) is 0 Å². The standard InChI is InChI=1S/C10H7ClN4OS/c11-6-1-3-7(4-2-6)14-15-8-5-12-10(17)13-9(8)16/h1-5H,(H2,12,13,16,17). The number of aromatic nitrogens is 2. The van der Waals surface area contributed by atoms with Crippen LogP contribution in [0.5, 0.6) is 0 Å². The molecule has 1 aromatic heterocycles. The molecule has 0 unspecified atom stereocenters. The number of halogens is 1. The van der Waals surface area contributed by atoms with Crippen molar-refractivity contribution in [2.24, 2.45) is 10.2 Å². The van der Waals surface area contributed by atoms with E-state index in [1.54, 1.807) is 24.3 Å². The zero-order chi connectivity index (χ0) is 12.3. The first-order chi connectivity index (χ1) is 8.15. The Morgan fingerprint density at radius 1 is 1.18 bits per heavy atom. The molecule has 2 N–H and O–H groups in total. The van der Waals surface area contributed by atoms with Crippen molar-refractivity contribution in [3.63, 3.8) is 0 Å². The molecular weight excluding hydrogens is 260 g/mol. The smallest absolute Gasteiger partial charge is 0.279 e. The summed E-state index contributed by atoms with van der Waals surface area (Å²) in [5.41, 5.74) is 0.385. The summed E-state index contributed by atoms with van der Waals surface area (Å²) in [7, 11) is 0. The molecule has 2 rings (SSSR count). The van der Waals surface area contributed by atoms with Crippen LogP contribution in [0.15, 0.2) is 45.5 Å². The molecule has 0 spiro atoms. The highest BCUT2D eigenvalue weighted by Crippen LogP contribution is 2.17. The SMILES string of the molecule is O=c1[nH]c(=S)[nH]cc1N=Nc1ccc(Cl)cc1. The van der Waals surface area contributed by atoms with E-state index in [4.69, 9.17) is 23.8 Å². The van der Waals surface area contributed by atoms with Gasteiger partial charge in [0.2, 0.25) is 0 Å². The molecule has 0 saturated carbocycles. The average molecular weight is 267 g/mol. The third-order valence-electron chi connectivity index (χ3n) is 1.90. The van der Waals surface area contributed by atoms with Crippen LogP contribution < -0.4 is 5.56 Å². The van der Waals surface area contributed by atoms with Crippen molar-refractivity contribution in [2.45, 2.75) is 0 Å². The second-order valence-corrected chi connectivity index (χ2v) is 3.98. The van der Waals surface area contributed by atoms with E-state index in [1.165, 1.54) is 6.20 Å². The first kappa shape index (κ1) is 11.7. The highest BCUT2D eigenvalue weighted by molar-refractivity contribution is 7.71. The summed E-state index contributed by atoms with van der Waals surface area (Å²) in [4.78, 5) is 16.5. The Kier molecular flexibility index (Phi) is 3.46. The summed E-state index contributed by atoms with van der Waals surface area (Å²) in [5.74, 6) is 0. The second-order valence-electron chi connectivity index (χ2n) is 3.13. The van der Waals surface area contributed by atoms with Crippen LogP contribution >= 0.6 is 23.8 Å². The third-order valence-corrected chi connectivity index (χ3v) is 2.37. The molecule has 1 heterocycles. The average Bonchev–Trinajstić information content (AvgIpc) is 2.30. The molecule has 0 aliphatic carbocycles. The van der Waals surface area contributed by atoms with Crippen molar-refractivity contribution in [2.75, 3.05) is 0 Å². The van der Waals surface area contributed by atoms with Gasteiger partial charge in [-0.3, -0.25) is 9.78 Å². The number of rotatable bonds is 2. The summed E-state index contributed by atoms with van der Waals surface area (Å²) < 4.78 is 0.250. The Morgan fingerprint density at radius 3 is 2.53 bits per heavy atom. The van der Waals surface area contributed by atoms with E-state index in [-0.39, 0.29) is 16.0 Å². The first-order valence-electron chi connectivity index (χ1n) is 4.64. The molecule has 0 bridgehead atoms. The molecule has 5 nitrogen and oxygen atoms in total. The largest absolute Gasteiger partial charge is 0.337 e. The number of nitrogens with one attached hydrogen (secondary N) is 2. The number of hydrogen-bond donors (Lipinski definition) is 2. The van der Waals surface area contributed by atoms with Gasteiger partial charge in [0, 0.05) is 11.2 Å². The topological polar surface area (TPSA) is 73.4 Å². The fourth-order valence-electron chi connectivity index (χ4n) is 1.10. The molecule has 86 valence electrons. The summed E-state index contributed by atoms with van der Waals surface area (Å²) in [6.45, 7) is 0. The van der Waals surface area contributed by atoms with E-state index in [9.17, 15) is 4.79 Å². The van der Waals surface area contributed by atoms with Gasteiger partial charge in [-0.05, 0) is 36.5 Å². The molecule has 0 aliphatic rings. The molecule has 17 heavy (non-hydrogen) atoms. The number of nitrogens with zero attached hydrogens (tertiary/aromatic N) is 2. The zero-order valence-electron chi connectivity index (χ0n) is 8.48. The fraction of sp³-hybridized carbons (Fsp3) is 0. The summed E-state index contributed by atoms with van der Waals surface area (Å²) in [5, 5.41) is 8.32. The molecule has 1 aromatic carbocycles. The normalized spacial score (nSPS) is 10.9. The summed E-state index contributed by atoms with van der Waals surface area (Å²) in [6.07, 6.45) is 1.40. The van der Waals surface area contributed by atoms with Gasteiger partial charge >= 0.3 is 0 Å². The van der Waals surface area contributed by atoms with Crippen LogP contribution in [0.1, 0.15) is 0 Å². The van der Waals surface area contributed by atoms with Crippen LogP contribution in [0.25, 0.3) is 0 Å². The van der Waals surface area contributed by atoms with Gasteiger partial charge in [-0.1, -0.05) is 11.6 Å². The van der Waals surface area contributed by atoms with E-state index in [0.717, 1.165) is 0 Å². The van der Waals surface area contributed by atoms with E-state index in [0.29, 0.717) is 10.7 Å². The maximum Gasteiger partial charge on any atom is 0.279 e. The number of azo groups is 1. The van der Waals surface area contributed by atoms with Gasteiger partial charge < -0.3 is 4.98 Å². The zero-order valence-corrected chi connectivity index (χ0v) is 10.0. The van der Waals surface area contributed by atoms with Crippen LogP contribution in [0.3, 0.4) is 0 Å². The molecular formula is C10H7ClN4OS. The summed E-state index contributed by atoms with van der Waals surface area (Å²) >= 11 is 10.5. The van der Waals surface area contributed by atoms with Crippen molar-refractivity contribution in [3.8, 4) is 0 Å². The monoisotopic (exact) mass is 266 g/mol. The molecule has 0 saturated heterocycles. The predicted octanol–water partition coefficient (Wildman–Crippen LogP) is 3.50. The minimum absolute atomic E-state index is 0.161. The number of hydrogen-bond acceptors (Lipinski definition) is 4. The van der Waals surface area contributed by atoms with Gasteiger partial charge in [0.05, 0.1) is 5.69 Å². The van der Waals surface area contributed by atoms with Gasteiger partial charge in [0.15, 0.2) is 10.5 Å². The molecule has 0 amide bonds. The van der Waals surface area contributed by atoms with Gasteiger partial charge in [-0.2, -0.15) is 5.11 Å². The maximum atomic E-state index is 11.4. The summed E-state index contributed by atoms with van der Waals surface area (Å²) in [6, 6.07) is 6.79. The Bertz CT molecular complexity index is 659. The quantitative estimate of drug-likeness (QED) is 0.645. The van der Waals surface area contributed by atoms with Crippen LogP contribution in [-0.4, -0.2) is 9.97 Å². The minimum atomic E-state index is -0.383. The molecule has 0 aliphatic heterocycles. The van der Waals surface area contributed by atoms with Crippen molar-refractivity contribution in [1.82, 2.24) is 9.97 Å². The second kappa shape index (κ2) is 5.03. The lowest BCUT2D eigenvalue weighted by molar-refractivity contribution is 1.06. The lowest BCUT2D eigenvalue weighted by Gasteiger charge is -1.93. The highest BCUT2D eigenvalue weighted by atomic mass is 35.5. The molecule has 2 aromatic rings. The lowest BCUT2D eigenvalue weighted by atomic mass is 10.3. The van der Waals surface area contributed by atoms with Crippen molar-refractivity contribution >= 4 is 35.2 Å². The minimum Gasteiger partial charge on any atom is -0.337 e. The van der Waals surface area contributed by atoms with Crippen molar-refractivity contribution in [1.29, 1.82) is 0 Å². The van der Waals surface area contributed by atoms with E-state index >= 15 is 0 Å². The van der Waals surface area contributed by atoms with E-state index in [2.05, 4.69) is 20.2 Å². The van der Waals surface area contributed by atoms with Gasteiger partial charge in [-0.15, -0.1) is 5.11 Å². The lowest BCUT2D eigenvalue weighted by Crippen LogP contribution is -2.05. The number of aromatic amines is 2. The number of benzene rings is 1. The Hall–Kier alpha value is -1.79. The van der Waals surface area contributed by atoms with Gasteiger partial charge in [0.1, 0.15) is 0 Å². The molecule has 0 atom stereocenters. The van der Waals surface area contributed by atoms with Crippen LogP contribution in [0.2, 0.25) is 5.02 Å². The first-order valence-corrected chi connectivity index (χ1v) is 5.43.